The highest BCUT2D eigenvalue weighted by atomic mass is 32.1. The Bertz CT molecular complexity index is 406. The van der Waals surface area contributed by atoms with Gasteiger partial charge in [-0.05, 0) is 30.2 Å². The number of hydrogen-bond donors (Lipinski definition) is 0. The van der Waals surface area contributed by atoms with E-state index >= 15 is 0 Å². The van der Waals surface area contributed by atoms with Crippen LogP contribution in [-0.4, -0.2) is 10.2 Å². The van der Waals surface area contributed by atoms with Gasteiger partial charge < -0.3 is 0 Å². The normalized spacial score (nSPS) is 10.8. The van der Waals surface area contributed by atoms with Crippen molar-refractivity contribution in [3.05, 3.63) is 35.3 Å². The lowest BCUT2D eigenvalue weighted by atomic mass is 10.2. The molecule has 0 aliphatic rings. The number of thiophene rings is 1. The van der Waals surface area contributed by atoms with Gasteiger partial charge in [-0.3, -0.25) is 0 Å². The minimum atomic E-state index is 0.588. The summed E-state index contributed by atoms with van der Waals surface area (Å²) in [6.45, 7) is 4.40. The maximum absolute atomic E-state index is 4.08. The largest absolute Gasteiger partial charge is 0.159 e. The van der Waals surface area contributed by atoms with Gasteiger partial charge in [-0.25, -0.2) is 0 Å². The van der Waals surface area contributed by atoms with Crippen LogP contribution in [0, 0.1) is 0 Å². The Morgan fingerprint density at radius 3 is 2.64 bits per heavy atom. The van der Waals surface area contributed by atoms with Gasteiger partial charge in [0.05, 0.1) is 4.88 Å². The summed E-state index contributed by atoms with van der Waals surface area (Å²) in [5, 5.41) is 7.95. The van der Waals surface area contributed by atoms with E-state index in [1.165, 1.54) is 9.75 Å². The average Bonchev–Trinajstić information content (AvgIpc) is 2.68. The first-order valence-corrected chi connectivity index (χ1v) is 5.47. The summed E-state index contributed by atoms with van der Waals surface area (Å²) < 4.78 is 0. The molecule has 2 aromatic heterocycles. The molecule has 0 aliphatic heterocycles. The molecule has 0 saturated heterocycles. The Morgan fingerprint density at radius 2 is 2.07 bits per heavy atom. The van der Waals surface area contributed by atoms with Gasteiger partial charge in [0.25, 0.3) is 0 Å². The van der Waals surface area contributed by atoms with E-state index in [2.05, 4.69) is 36.2 Å². The molecule has 72 valence electrons. The van der Waals surface area contributed by atoms with Crippen molar-refractivity contribution in [1.29, 1.82) is 0 Å². The molecule has 0 unspecified atom stereocenters. The highest BCUT2D eigenvalue weighted by molar-refractivity contribution is 7.15. The van der Waals surface area contributed by atoms with Crippen molar-refractivity contribution in [2.75, 3.05) is 0 Å². The second-order valence-corrected chi connectivity index (χ2v) is 4.58. The molecule has 2 heterocycles. The molecule has 2 rings (SSSR count). The Labute approximate surface area is 87.6 Å². The second-order valence-electron chi connectivity index (χ2n) is 3.47. The fourth-order valence-electron chi connectivity index (χ4n) is 1.23. The summed E-state index contributed by atoms with van der Waals surface area (Å²) >= 11 is 1.79. The summed E-state index contributed by atoms with van der Waals surface area (Å²) in [5.41, 5.74) is 0.962. The van der Waals surface area contributed by atoms with Gasteiger partial charge >= 0.3 is 0 Å². The maximum atomic E-state index is 4.08. The Hall–Kier alpha value is -1.22. The van der Waals surface area contributed by atoms with Gasteiger partial charge in [0.1, 0.15) is 5.69 Å². The predicted octanol–water partition coefficient (Wildman–Crippen LogP) is 3.33. The molecule has 0 N–H and O–H groups in total. The van der Waals surface area contributed by atoms with Crippen molar-refractivity contribution in [1.82, 2.24) is 10.2 Å². The Balaban J connectivity index is 2.34. The van der Waals surface area contributed by atoms with Gasteiger partial charge in [0.2, 0.25) is 0 Å². The van der Waals surface area contributed by atoms with Crippen LogP contribution in [0.5, 0.6) is 0 Å². The molecular formula is C11H12N2S. The van der Waals surface area contributed by atoms with Crippen molar-refractivity contribution < 1.29 is 0 Å². The highest BCUT2D eigenvalue weighted by Gasteiger charge is 2.06. The number of rotatable bonds is 2. The molecule has 0 aromatic carbocycles. The smallest absolute Gasteiger partial charge is 0.103 e. The van der Waals surface area contributed by atoms with Crippen molar-refractivity contribution in [3.8, 4) is 10.6 Å². The molecule has 0 bridgehead atoms. The van der Waals surface area contributed by atoms with Crippen LogP contribution in [0.2, 0.25) is 0 Å². The summed E-state index contributed by atoms with van der Waals surface area (Å²) in [6.07, 6.45) is 1.69. The molecule has 2 nitrogen and oxygen atoms in total. The van der Waals surface area contributed by atoms with Crippen LogP contribution in [0.25, 0.3) is 10.6 Å². The van der Waals surface area contributed by atoms with Crippen LogP contribution in [0.15, 0.2) is 30.5 Å². The molecule has 0 aliphatic carbocycles. The van der Waals surface area contributed by atoms with E-state index in [1.807, 2.05) is 12.1 Å². The third kappa shape index (κ3) is 1.82. The molecule has 14 heavy (non-hydrogen) atoms. The van der Waals surface area contributed by atoms with E-state index in [-0.39, 0.29) is 0 Å². The van der Waals surface area contributed by atoms with Gasteiger partial charge in [0.15, 0.2) is 0 Å². The summed E-state index contributed by atoms with van der Waals surface area (Å²) in [6, 6.07) is 8.18. The summed E-state index contributed by atoms with van der Waals surface area (Å²) in [4.78, 5) is 2.59. The third-order valence-electron chi connectivity index (χ3n) is 2.02. The zero-order valence-electron chi connectivity index (χ0n) is 8.27. The zero-order chi connectivity index (χ0) is 9.97. The Kier molecular flexibility index (Phi) is 2.59. The quantitative estimate of drug-likeness (QED) is 0.750. The van der Waals surface area contributed by atoms with Crippen molar-refractivity contribution in [3.63, 3.8) is 0 Å². The van der Waals surface area contributed by atoms with Crippen LogP contribution in [-0.2, 0) is 0 Å². The summed E-state index contributed by atoms with van der Waals surface area (Å²) in [7, 11) is 0. The molecule has 0 radical (unpaired) electrons. The zero-order valence-corrected chi connectivity index (χ0v) is 9.08. The van der Waals surface area contributed by atoms with Gasteiger partial charge in [-0.2, -0.15) is 5.10 Å². The standard InChI is InChI=1S/C11H12N2S/c1-8(2)10-5-6-11(14-10)9-4-3-7-12-13-9/h3-8H,1-2H3. The first-order chi connectivity index (χ1) is 6.77. The van der Waals surface area contributed by atoms with Gasteiger partial charge in [-0.15, -0.1) is 16.4 Å². The van der Waals surface area contributed by atoms with Crippen LogP contribution in [0.1, 0.15) is 24.6 Å². The van der Waals surface area contributed by atoms with Gasteiger partial charge in [-0.1, -0.05) is 13.8 Å². The van der Waals surface area contributed by atoms with Crippen molar-refractivity contribution in [2.45, 2.75) is 19.8 Å². The molecule has 0 saturated carbocycles. The SMILES string of the molecule is CC(C)c1ccc(-c2cccnn2)s1. The molecule has 0 amide bonds. The van der Waals surface area contributed by atoms with Crippen molar-refractivity contribution in [2.24, 2.45) is 0 Å². The van der Waals surface area contributed by atoms with E-state index in [9.17, 15) is 0 Å². The lowest BCUT2D eigenvalue weighted by Gasteiger charge is -1.97. The second kappa shape index (κ2) is 3.88. The van der Waals surface area contributed by atoms with Crippen LogP contribution in [0.4, 0.5) is 0 Å². The predicted molar refractivity (Wildman–Crippen MR) is 59.4 cm³/mol. The highest BCUT2D eigenvalue weighted by Crippen LogP contribution is 2.30. The number of hydrogen-bond acceptors (Lipinski definition) is 3. The third-order valence-corrected chi connectivity index (χ3v) is 3.43. The van der Waals surface area contributed by atoms with E-state index in [0.29, 0.717) is 5.92 Å². The first-order valence-electron chi connectivity index (χ1n) is 4.65. The Morgan fingerprint density at radius 1 is 1.21 bits per heavy atom. The van der Waals surface area contributed by atoms with E-state index in [4.69, 9.17) is 0 Å². The molecule has 0 spiro atoms. The molecular weight excluding hydrogens is 192 g/mol. The lowest BCUT2D eigenvalue weighted by Crippen LogP contribution is -1.81. The van der Waals surface area contributed by atoms with E-state index in [0.717, 1.165) is 5.69 Å². The van der Waals surface area contributed by atoms with Crippen LogP contribution in [0.3, 0.4) is 0 Å². The molecule has 2 aromatic rings. The topological polar surface area (TPSA) is 25.8 Å². The van der Waals surface area contributed by atoms with E-state index < -0.39 is 0 Å². The van der Waals surface area contributed by atoms with E-state index in [1.54, 1.807) is 17.5 Å². The maximum Gasteiger partial charge on any atom is 0.103 e. The molecule has 3 heteroatoms. The van der Waals surface area contributed by atoms with Crippen LogP contribution < -0.4 is 0 Å². The molecule has 0 fully saturated rings. The molecule has 0 atom stereocenters. The minimum Gasteiger partial charge on any atom is -0.159 e. The average molecular weight is 204 g/mol. The summed E-state index contributed by atoms with van der Waals surface area (Å²) in [5.74, 6) is 0.588. The van der Waals surface area contributed by atoms with Crippen LogP contribution >= 0.6 is 11.3 Å². The number of aromatic nitrogens is 2. The van der Waals surface area contributed by atoms with Gasteiger partial charge in [0, 0.05) is 11.1 Å². The fourth-order valence-corrected chi connectivity index (χ4v) is 2.21. The first kappa shape index (κ1) is 9.34. The fraction of sp³-hybridized carbons (Fsp3) is 0.273. The van der Waals surface area contributed by atoms with Crippen molar-refractivity contribution >= 4 is 11.3 Å². The lowest BCUT2D eigenvalue weighted by molar-refractivity contribution is 0.890. The monoisotopic (exact) mass is 204 g/mol. The minimum absolute atomic E-state index is 0.588. The number of nitrogens with zero attached hydrogens (tertiary/aromatic N) is 2.